The third-order valence-electron chi connectivity index (χ3n) is 3.54. The van der Waals surface area contributed by atoms with Crippen molar-refractivity contribution in [3.63, 3.8) is 0 Å². The number of fused-ring (bicyclic) bond motifs is 1. The summed E-state index contributed by atoms with van der Waals surface area (Å²) in [7, 11) is 1.63. The van der Waals surface area contributed by atoms with Crippen LogP contribution in [0.15, 0.2) is 33.7 Å². The van der Waals surface area contributed by atoms with E-state index >= 15 is 0 Å². The lowest BCUT2D eigenvalue weighted by Crippen LogP contribution is -2.44. The summed E-state index contributed by atoms with van der Waals surface area (Å²) in [6.45, 7) is 3.27. The van der Waals surface area contributed by atoms with Crippen molar-refractivity contribution in [3.05, 3.63) is 30.0 Å². The molecule has 2 heterocycles. The molecule has 6 nitrogen and oxygen atoms in total. The quantitative estimate of drug-likeness (QED) is 0.686. The molecule has 0 spiro atoms. The molecule has 0 unspecified atom stereocenters. The van der Waals surface area contributed by atoms with Crippen LogP contribution in [0, 0.1) is 0 Å². The third kappa shape index (κ3) is 2.80. The fourth-order valence-electron chi connectivity index (χ4n) is 2.45. The Labute approximate surface area is 123 Å². The first-order valence-electron chi connectivity index (χ1n) is 6.96. The predicted octanol–water partition coefficient (Wildman–Crippen LogP) is 1.59. The maximum Gasteiger partial charge on any atom is 0.191 e. The smallest absolute Gasteiger partial charge is 0.191 e. The number of para-hydroxylation sites is 1. The number of hydrogen-bond donors (Lipinski definition) is 1. The summed E-state index contributed by atoms with van der Waals surface area (Å²) in [4.78, 5) is 6.43. The van der Waals surface area contributed by atoms with Gasteiger partial charge < -0.3 is 24.5 Å². The van der Waals surface area contributed by atoms with Gasteiger partial charge in [0.2, 0.25) is 0 Å². The average molecular weight is 289 g/mol. The number of rotatable bonds is 3. The van der Waals surface area contributed by atoms with E-state index in [9.17, 15) is 0 Å². The second kappa shape index (κ2) is 6.05. The summed E-state index contributed by atoms with van der Waals surface area (Å²) in [5, 5.41) is 0.954. The number of benzene rings is 1. The minimum absolute atomic E-state index is 0.362. The number of nitrogens with zero attached hydrogens (tertiary/aromatic N) is 2. The fourth-order valence-corrected chi connectivity index (χ4v) is 2.45. The van der Waals surface area contributed by atoms with Gasteiger partial charge in [-0.05, 0) is 12.1 Å². The second-order valence-corrected chi connectivity index (χ2v) is 4.83. The first-order chi connectivity index (χ1) is 10.3. The molecule has 2 N–H and O–H groups in total. The largest absolute Gasteiger partial charge is 0.492 e. The number of furan rings is 1. The van der Waals surface area contributed by atoms with E-state index in [2.05, 4.69) is 4.99 Å². The molecule has 1 aromatic carbocycles. The number of aliphatic imine (C=N–C) groups is 1. The van der Waals surface area contributed by atoms with Gasteiger partial charge in [0.15, 0.2) is 17.5 Å². The Morgan fingerprint density at radius 1 is 1.33 bits per heavy atom. The Kier molecular flexibility index (Phi) is 3.96. The van der Waals surface area contributed by atoms with Crippen LogP contribution in [0.2, 0.25) is 0 Å². The molecule has 1 saturated heterocycles. The zero-order valence-corrected chi connectivity index (χ0v) is 12.0. The number of morpholine rings is 1. The van der Waals surface area contributed by atoms with Crippen molar-refractivity contribution in [2.75, 3.05) is 33.4 Å². The molecule has 1 aromatic heterocycles. The van der Waals surface area contributed by atoms with E-state index < -0.39 is 0 Å². The van der Waals surface area contributed by atoms with Gasteiger partial charge in [-0.25, -0.2) is 4.99 Å². The minimum atomic E-state index is 0.362. The number of hydrogen-bond acceptors (Lipinski definition) is 4. The maximum atomic E-state index is 6.02. The van der Waals surface area contributed by atoms with Crippen LogP contribution in [-0.4, -0.2) is 44.3 Å². The van der Waals surface area contributed by atoms with E-state index in [4.69, 9.17) is 19.6 Å². The summed E-state index contributed by atoms with van der Waals surface area (Å²) in [6, 6.07) is 7.77. The van der Waals surface area contributed by atoms with Crippen LogP contribution in [0.25, 0.3) is 11.0 Å². The summed E-state index contributed by atoms with van der Waals surface area (Å²) >= 11 is 0. The Hall–Kier alpha value is -2.21. The Morgan fingerprint density at radius 3 is 2.86 bits per heavy atom. The number of methoxy groups -OCH3 is 1. The molecule has 0 atom stereocenters. The SMILES string of the molecule is COc1c(CN=C(N)N2CCOCC2)oc2ccccc12. The molecule has 2 aromatic rings. The number of ether oxygens (including phenoxy) is 2. The first-order valence-corrected chi connectivity index (χ1v) is 6.96. The molecular weight excluding hydrogens is 270 g/mol. The van der Waals surface area contributed by atoms with Gasteiger partial charge in [0.1, 0.15) is 12.1 Å². The van der Waals surface area contributed by atoms with Gasteiger partial charge in [-0.15, -0.1) is 0 Å². The summed E-state index contributed by atoms with van der Waals surface area (Å²) in [5.74, 6) is 1.93. The average Bonchev–Trinajstić information content (AvgIpc) is 2.91. The zero-order valence-electron chi connectivity index (χ0n) is 12.0. The standard InChI is InChI=1S/C15H19N3O3/c1-19-14-11-4-2-3-5-12(11)21-13(14)10-17-15(16)18-6-8-20-9-7-18/h2-5H,6-10H2,1H3,(H2,16,17). The summed E-state index contributed by atoms with van der Waals surface area (Å²) < 4.78 is 16.5. The van der Waals surface area contributed by atoms with Gasteiger partial charge >= 0.3 is 0 Å². The maximum absolute atomic E-state index is 6.02. The van der Waals surface area contributed by atoms with Crippen molar-refractivity contribution in [2.24, 2.45) is 10.7 Å². The normalized spacial score (nSPS) is 16.4. The molecule has 1 aliphatic heterocycles. The lowest BCUT2D eigenvalue weighted by molar-refractivity contribution is 0.0674. The van der Waals surface area contributed by atoms with Crippen molar-refractivity contribution in [2.45, 2.75) is 6.54 Å². The highest BCUT2D eigenvalue weighted by molar-refractivity contribution is 5.85. The van der Waals surface area contributed by atoms with Gasteiger partial charge in [-0.3, -0.25) is 0 Å². The van der Waals surface area contributed by atoms with Gasteiger partial charge in [0.25, 0.3) is 0 Å². The van der Waals surface area contributed by atoms with Crippen LogP contribution in [0.4, 0.5) is 0 Å². The van der Waals surface area contributed by atoms with Crippen LogP contribution >= 0.6 is 0 Å². The summed E-state index contributed by atoms with van der Waals surface area (Å²) in [5.41, 5.74) is 6.82. The van der Waals surface area contributed by atoms with Crippen LogP contribution in [0.5, 0.6) is 5.75 Å². The predicted molar refractivity (Wildman–Crippen MR) is 80.5 cm³/mol. The minimum Gasteiger partial charge on any atom is -0.492 e. The third-order valence-corrected chi connectivity index (χ3v) is 3.54. The lowest BCUT2D eigenvalue weighted by atomic mass is 10.2. The van der Waals surface area contributed by atoms with Gasteiger partial charge in [-0.2, -0.15) is 0 Å². The number of guanidine groups is 1. The van der Waals surface area contributed by atoms with Gasteiger partial charge in [0.05, 0.1) is 25.7 Å². The van der Waals surface area contributed by atoms with Crippen molar-refractivity contribution < 1.29 is 13.9 Å². The van der Waals surface area contributed by atoms with Crippen LogP contribution in [-0.2, 0) is 11.3 Å². The van der Waals surface area contributed by atoms with Crippen molar-refractivity contribution in [1.82, 2.24) is 4.90 Å². The molecule has 0 radical (unpaired) electrons. The topological polar surface area (TPSA) is 73.2 Å². The van der Waals surface area contributed by atoms with E-state index in [1.165, 1.54) is 0 Å². The van der Waals surface area contributed by atoms with E-state index in [0.717, 1.165) is 29.8 Å². The molecule has 6 heteroatoms. The Balaban J connectivity index is 1.81. The van der Waals surface area contributed by atoms with Gasteiger partial charge in [0, 0.05) is 13.1 Å². The van der Waals surface area contributed by atoms with Crippen LogP contribution in [0.3, 0.4) is 0 Å². The second-order valence-electron chi connectivity index (χ2n) is 4.83. The number of nitrogens with two attached hydrogens (primary N) is 1. The van der Waals surface area contributed by atoms with Crippen molar-refractivity contribution >= 4 is 16.9 Å². The highest BCUT2D eigenvalue weighted by Gasteiger charge is 2.16. The highest BCUT2D eigenvalue weighted by Crippen LogP contribution is 2.33. The molecule has 112 valence electrons. The summed E-state index contributed by atoms with van der Waals surface area (Å²) in [6.07, 6.45) is 0. The van der Waals surface area contributed by atoms with Crippen LogP contribution < -0.4 is 10.5 Å². The molecule has 0 amide bonds. The van der Waals surface area contributed by atoms with E-state index in [1.54, 1.807) is 7.11 Å². The monoisotopic (exact) mass is 289 g/mol. The van der Waals surface area contributed by atoms with E-state index in [1.807, 2.05) is 29.2 Å². The molecular formula is C15H19N3O3. The van der Waals surface area contributed by atoms with Crippen molar-refractivity contribution in [3.8, 4) is 5.75 Å². The van der Waals surface area contributed by atoms with E-state index in [0.29, 0.717) is 31.5 Å². The Bertz CT molecular complexity index is 645. The molecule has 0 saturated carbocycles. The van der Waals surface area contributed by atoms with E-state index in [-0.39, 0.29) is 0 Å². The molecule has 1 fully saturated rings. The molecule has 0 aliphatic carbocycles. The fraction of sp³-hybridized carbons (Fsp3) is 0.400. The highest BCUT2D eigenvalue weighted by atomic mass is 16.5. The molecule has 0 bridgehead atoms. The Morgan fingerprint density at radius 2 is 2.10 bits per heavy atom. The zero-order chi connectivity index (χ0) is 14.7. The first kappa shape index (κ1) is 13.8. The molecule has 21 heavy (non-hydrogen) atoms. The van der Waals surface area contributed by atoms with Crippen LogP contribution in [0.1, 0.15) is 5.76 Å². The molecule has 3 rings (SSSR count). The molecule has 1 aliphatic rings. The lowest BCUT2D eigenvalue weighted by Gasteiger charge is -2.27. The van der Waals surface area contributed by atoms with Crippen molar-refractivity contribution in [1.29, 1.82) is 0 Å². The van der Waals surface area contributed by atoms with Gasteiger partial charge in [-0.1, -0.05) is 12.1 Å².